The first-order valence-electron chi connectivity index (χ1n) is 6.02. The van der Waals surface area contributed by atoms with Crippen LogP contribution in [-0.2, 0) is 4.74 Å². The fourth-order valence-electron chi connectivity index (χ4n) is 2.25. The summed E-state index contributed by atoms with van der Waals surface area (Å²) in [6.07, 6.45) is 5.63. The molecule has 0 aromatic carbocycles. The lowest BCUT2D eigenvalue weighted by molar-refractivity contribution is 0.0671. The van der Waals surface area contributed by atoms with Gasteiger partial charge in [-0.1, -0.05) is 0 Å². The van der Waals surface area contributed by atoms with E-state index in [4.69, 9.17) is 4.74 Å². The van der Waals surface area contributed by atoms with Crippen molar-refractivity contribution in [3.05, 3.63) is 0 Å². The molecule has 86 valence electrons. The number of rotatable bonds is 1. The summed E-state index contributed by atoms with van der Waals surface area (Å²) >= 11 is 0. The van der Waals surface area contributed by atoms with Crippen molar-refractivity contribution in [1.82, 2.24) is 10.2 Å². The zero-order valence-corrected chi connectivity index (χ0v) is 9.21. The van der Waals surface area contributed by atoms with Gasteiger partial charge in [0.1, 0.15) is 6.10 Å². The van der Waals surface area contributed by atoms with E-state index in [1.165, 1.54) is 12.8 Å². The zero-order chi connectivity index (χ0) is 10.5. The molecular weight excluding hydrogens is 192 g/mol. The quantitative estimate of drug-likeness (QED) is 0.713. The Balaban J connectivity index is 1.77. The van der Waals surface area contributed by atoms with Gasteiger partial charge in [0.15, 0.2) is 0 Å². The van der Waals surface area contributed by atoms with Crippen LogP contribution < -0.4 is 5.32 Å². The van der Waals surface area contributed by atoms with Crippen LogP contribution in [0.1, 0.15) is 32.1 Å². The Morgan fingerprint density at radius 1 is 1.13 bits per heavy atom. The molecule has 0 aromatic rings. The van der Waals surface area contributed by atoms with Gasteiger partial charge in [-0.2, -0.15) is 0 Å². The first kappa shape index (κ1) is 10.7. The van der Waals surface area contributed by atoms with Crippen LogP contribution in [0.15, 0.2) is 0 Å². The van der Waals surface area contributed by atoms with Crippen LogP contribution in [0.4, 0.5) is 4.79 Å². The van der Waals surface area contributed by atoms with Crippen molar-refractivity contribution < 1.29 is 9.53 Å². The molecule has 0 radical (unpaired) electrons. The smallest absolute Gasteiger partial charge is 0.410 e. The van der Waals surface area contributed by atoms with Crippen molar-refractivity contribution in [2.24, 2.45) is 0 Å². The summed E-state index contributed by atoms with van der Waals surface area (Å²) in [4.78, 5) is 13.6. The SMILES string of the molecule is O=C(OC1CCCC1)N1CCCNCC1. The molecule has 2 rings (SSSR count). The molecule has 4 nitrogen and oxygen atoms in total. The molecule has 0 aromatic heterocycles. The molecule has 15 heavy (non-hydrogen) atoms. The molecule has 1 aliphatic carbocycles. The van der Waals surface area contributed by atoms with Gasteiger partial charge in [0.2, 0.25) is 0 Å². The minimum absolute atomic E-state index is 0.106. The minimum atomic E-state index is -0.106. The molecule has 2 fully saturated rings. The predicted molar refractivity (Wildman–Crippen MR) is 57.8 cm³/mol. The van der Waals surface area contributed by atoms with Crippen molar-refractivity contribution in [3.8, 4) is 0 Å². The van der Waals surface area contributed by atoms with Gasteiger partial charge in [-0.25, -0.2) is 4.79 Å². The highest BCUT2D eigenvalue weighted by Gasteiger charge is 2.23. The number of nitrogens with one attached hydrogen (secondary N) is 1. The van der Waals surface area contributed by atoms with E-state index in [9.17, 15) is 4.79 Å². The predicted octanol–water partition coefficient (Wildman–Crippen LogP) is 1.36. The third-order valence-corrected chi connectivity index (χ3v) is 3.17. The summed E-state index contributed by atoms with van der Waals surface area (Å²) in [5.74, 6) is 0. The molecule has 1 aliphatic heterocycles. The van der Waals surface area contributed by atoms with Gasteiger partial charge in [0.25, 0.3) is 0 Å². The van der Waals surface area contributed by atoms with Crippen molar-refractivity contribution in [2.75, 3.05) is 26.2 Å². The number of hydrogen-bond acceptors (Lipinski definition) is 3. The standard InChI is InChI=1S/C11H20N2O2/c14-11(15-10-4-1-2-5-10)13-8-3-6-12-7-9-13/h10,12H,1-9H2. The largest absolute Gasteiger partial charge is 0.446 e. The Labute approximate surface area is 91.0 Å². The van der Waals surface area contributed by atoms with Gasteiger partial charge >= 0.3 is 6.09 Å². The first-order chi connectivity index (χ1) is 7.36. The van der Waals surface area contributed by atoms with E-state index >= 15 is 0 Å². The van der Waals surface area contributed by atoms with Crippen molar-refractivity contribution in [3.63, 3.8) is 0 Å². The maximum Gasteiger partial charge on any atom is 0.410 e. The fourth-order valence-corrected chi connectivity index (χ4v) is 2.25. The van der Waals surface area contributed by atoms with E-state index in [0.29, 0.717) is 0 Å². The number of hydrogen-bond donors (Lipinski definition) is 1. The van der Waals surface area contributed by atoms with E-state index in [1.54, 1.807) is 0 Å². The third kappa shape index (κ3) is 3.09. The van der Waals surface area contributed by atoms with Crippen LogP contribution >= 0.6 is 0 Å². The number of carbonyl (C=O) groups excluding carboxylic acids is 1. The highest BCUT2D eigenvalue weighted by molar-refractivity contribution is 5.67. The van der Waals surface area contributed by atoms with Gasteiger partial charge in [-0.05, 0) is 38.6 Å². The summed E-state index contributed by atoms with van der Waals surface area (Å²) in [6, 6.07) is 0. The molecule has 0 atom stereocenters. The Morgan fingerprint density at radius 3 is 2.73 bits per heavy atom. The molecule has 0 unspecified atom stereocenters. The average Bonchev–Trinajstić information content (AvgIpc) is 2.58. The van der Waals surface area contributed by atoms with E-state index in [0.717, 1.165) is 45.4 Å². The van der Waals surface area contributed by atoms with Crippen molar-refractivity contribution in [1.29, 1.82) is 0 Å². The Morgan fingerprint density at radius 2 is 1.93 bits per heavy atom. The lowest BCUT2D eigenvalue weighted by Crippen LogP contribution is -2.36. The molecule has 1 heterocycles. The third-order valence-electron chi connectivity index (χ3n) is 3.17. The first-order valence-corrected chi connectivity index (χ1v) is 6.02. The average molecular weight is 212 g/mol. The summed E-state index contributed by atoms with van der Waals surface area (Å²) in [5, 5.41) is 3.28. The van der Waals surface area contributed by atoms with Crippen LogP contribution in [0.25, 0.3) is 0 Å². The highest BCUT2D eigenvalue weighted by Crippen LogP contribution is 2.21. The maximum absolute atomic E-state index is 11.8. The zero-order valence-electron chi connectivity index (χ0n) is 9.21. The van der Waals surface area contributed by atoms with Crippen molar-refractivity contribution in [2.45, 2.75) is 38.2 Å². The van der Waals surface area contributed by atoms with E-state index in [2.05, 4.69) is 5.32 Å². The Hall–Kier alpha value is -0.770. The fraction of sp³-hybridized carbons (Fsp3) is 0.909. The van der Waals surface area contributed by atoms with Gasteiger partial charge in [0, 0.05) is 19.6 Å². The Kier molecular flexibility index (Phi) is 3.83. The minimum Gasteiger partial charge on any atom is -0.446 e. The summed E-state index contributed by atoms with van der Waals surface area (Å²) in [7, 11) is 0. The maximum atomic E-state index is 11.8. The van der Waals surface area contributed by atoms with Crippen molar-refractivity contribution >= 4 is 6.09 Å². The van der Waals surface area contributed by atoms with Gasteiger partial charge in [-0.15, -0.1) is 0 Å². The second-order valence-corrected chi connectivity index (χ2v) is 4.38. The van der Waals surface area contributed by atoms with Crippen LogP contribution in [-0.4, -0.2) is 43.3 Å². The van der Waals surface area contributed by atoms with Gasteiger partial charge in [-0.3, -0.25) is 0 Å². The lowest BCUT2D eigenvalue weighted by atomic mass is 10.3. The number of carbonyl (C=O) groups is 1. The second kappa shape index (κ2) is 5.35. The molecule has 2 aliphatic rings. The van der Waals surface area contributed by atoms with E-state index in [1.807, 2.05) is 4.90 Å². The van der Waals surface area contributed by atoms with E-state index < -0.39 is 0 Å². The normalized spacial score (nSPS) is 23.9. The Bertz CT molecular complexity index is 207. The van der Waals surface area contributed by atoms with Crippen LogP contribution in [0.2, 0.25) is 0 Å². The van der Waals surface area contributed by atoms with E-state index in [-0.39, 0.29) is 12.2 Å². The summed E-state index contributed by atoms with van der Waals surface area (Å²) in [6.45, 7) is 3.51. The van der Waals surface area contributed by atoms with Crippen LogP contribution in [0, 0.1) is 0 Å². The van der Waals surface area contributed by atoms with Crippen LogP contribution in [0.5, 0.6) is 0 Å². The topological polar surface area (TPSA) is 41.6 Å². The second-order valence-electron chi connectivity index (χ2n) is 4.38. The van der Waals surface area contributed by atoms with Gasteiger partial charge < -0.3 is 15.0 Å². The molecule has 1 saturated carbocycles. The highest BCUT2D eigenvalue weighted by atomic mass is 16.6. The number of amides is 1. The molecule has 1 amide bonds. The molecular formula is C11H20N2O2. The van der Waals surface area contributed by atoms with Crippen LogP contribution in [0.3, 0.4) is 0 Å². The molecule has 1 N–H and O–H groups in total. The molecule has 0 spiro atoms. The summed E-state index contributed by atoms with van der Waals surface area (Å²) < 4.78 is 5.47. The number of ether oxygens (including phenoxy) is 1. The van der Waals surface area contributed by atoms with Gasteiger partial charge in [0.05, 0.1) is 0 Å². The number of nitrogens with zero attached hydrogens (tertiary/aromatic N) is 1. The monoisotopic (exact) mass is 212 g/mol. The lowest BCUT2D eigenvalue weighted by Gasteiger charge is -2.21. The molecule has 1 saturated heterocycles. The molecule has 4 heteroatoms. The molecule has 0 bridgehead atoms. The summed E-state index contributed by atoms with van der Waals surface area (Å²) in [5.41, 5.74) is 0.